The van der Waals surface area contributed by atoms with Crippen LogP contribution in [0.15, 0.2) is 47.2 Å². The summed E-state index contributed by atoms with van der Waals surface area (Å²) in [5.41, 5.74) is 3.34. The maximum atomic E-state index is 5.37. The fraction of sp³-hybridized carbons (Fsp3) is 0.0769. The van der Waals surface area contributed by atoms with Gasteiger partial charge in [-0.05, 0) is 48.1 Å². The first-order valence-corrected chi connectivity index (χ1v) is 6.71. The summed E-state index contributed by atoms with van der Waals surface area (Å²) < 4.78 is 3.87. The minimum atomic E-state index is 0.736. The van der Waals surface area contributed by atoms with Crippen LogP contribution in [0.5, 0.6) is 0 Å². The van der Waals surface area contributed by atoms with E-state index in [1.165, 1.54) is 5.56 Å². The number of fused-ring (bicyclic) bond motifs is 1. The van der Waals surface area contributed by atoms with Crippen molar-refractivity contribution in [2.45, 2.75) is 6.54 Å². The molecular formula is C13H10BrN3S. The summed E-state index contributed by atoms with van der Waals surface area (Å²) in [6.45, 7) is 0.748. The number of nitrogens with one attached hydrogen (secondary N) is 1. The van der Waals surface area contributed by atoms with E-state index in [9.17, 15) is 0 Å². The summed E-state index contributed by atoms with van der Waals surface area (Å²) in [5.74, 6) is 0. The monoisotopic (exact) mass is 319 g/mol. The molecule has 0 atom stereocenters. The molecule has 0 aliphatic carbocycles. The molecule has 0 amide bonds. The van der Waals surface area contributed by atoms with Crippen LogP contribution >= 0.6 is 28.1 Å². The van der Waals surface area contributed by atoms with Gasteiger partial charge in [-0.25, -0.2) is 0 Å². The zero-order chi connectivity index (χ0) is 12.5. The topological polar surface area (TPSA) is 33.6 Å². The third-order valence-electron chi connectivity index (χ3n) is 2.83. The maximum Gasteiger partial charge on any atom is 0.178 e. The van der Waals surface area contributed by atoms with Crippen LogP contribution in [0.2, 0.25) is 0 Å². The van der Waals surface area contributed by atoms with Crippen molar-refractivity contribution < 1.29 is 0 Å². The third kappa shape index (κ3) is 2.11. The lowest BCUT2D eigenvalue weighted by Crippen LogP contribution is -1.99. The first-order valence-electron chi connectivity index (χ1n) is 5.51. The fourth-order valence-corrected chi connectivity index (χ4v) is 2.58. The van der Waals surface area contributed by atoms with Crippen molar-refractivity contribution in [3.63, 3.8) is 0 Å². The van der Waals surface area contributed by atoms with Crippen molar-refractivity contribution >= 4 is 39.2 Å². The minimum Gasteiger partial charge on any atom is -0.331 e. The smallest absolute Gasteiger partial charge is 0.178 e. The number of pyridine rings is 1. The highest BCUT2D eigenvalue weighted by atomic mass is 79.9. The highest BCUT2D eigenvalue weighted by Crippen LogP contribution is 2.20. The van der Waals surface area contributed by atoms with E-state index in [2.05, 4.69) is 36.5 Å². The Hall–Kier alpha value is -1.46. The van der Waals surface area contributed by atoms with Gasteiger partial charge >= 0.3 is 0 Å². The van der Waals surface area contributed by atoms with Gasteiger partial charge in [0.05, 0.1) is 17.6 Å². The molecule has 0 radical (unpaired) electrons. The molecule has 3 nitrogen and oxygen atoms in total. The van der Waals surface area contributed by atoms with E-state index in [0.717, 1.165) is 26.8 Å². The first-order chi connectivity index (χ1) is 8.74. The SMILES string of the molecule is S=c1[nH]c2ccc(Br)cc2n1Cc1ccncc1. The van der Waals surface area contributed by atoms with E-state index in [0.29, 0.717) is 0 Å². The van der Waals surface area contributed by atoms with E-state index in [4.69, 9.17) is 12.2 Å². The quantitative estimate of drug-likeness (QED) is 0.727. The molecule has 5 heteroatoms. The van der Waals surface area contributed by atoms with Crippen LogP contribution in [0.25, 0.3) is 11.0 Å². The van der Waals surface area contributed by atoms with Crippen molar-refractivity contribution in [2.75, 3.05) is 0 Å². The molecule has 0 bridgehead atoms. The molecule has 0 fully saturated rings. The highest BCUT2D eigenvalue weighted by molar-refractivity contribution is 9.10. The van der Waals surface area contributed by atoms with Gasteiger partial charge in [0.1, 0.15) is 0 Å². The van der Waals surface area contributed by atoms with Crippen LogP contribution in [-0.2, 0) is 6.54 Å². The molecule has 3 rings (SSSR count). The fourth-order valence-electron chi connectivity index (χ4n) is 1.95. The standard InChI is InChI=1S/C13H10BrN3S/c14-10-1-2-11-12(7-10)17(13(18)16-11)8-9-3-5-15-6-4-9/h1-7H,8H2,(H,16,18). The van der Waals surface area contributed by atoms with Gasteiger partial charge in [0, 0.05) is 16.9 Å². The van der Waals surface area contributed by atoms with Gasteiger partial charge < -0.3 is 9.55 Å². The lowest BCUT2D eigenvalue weighted by Gasteiger charge is -2.04. The Balaban J connectivity index is 2.14. The van der Waals surface area contributed by atoms with Gasteiger partial charge in [-0.2, -0.15) is 0 Å². The molecule has 1 N–H and O–H groups in total. The van der Waals surface area contributed by atoms with Crippen LogP contribution in [0.1, 0.15) is 5.56 Å². The second-order valence-corrected chi connectivity index (χ2v) is 5.34. The van der Waals surface area contributed by atoms with Crippen molar-refractivity contribution in [3.8, 4) is 0 Å². The second kappa shape index (κ2) is 4.66. The number of imidazole rings is 1. The van der Waals surface area contributed by atoms with E-state index in [1.54, 1.807) is 12.4 Å². The molecule has 18 heavy (non-hydrogen) atoms. The average molecular weight is 320 g/mol. The van der Waals surface area contributed by atoms with Gasteiger partial charge in [0.15, 0.2) is 4.77 Å². The molecule has 0 saturated heterocycles. The van der Waals surface area contributed by atoms with E-state index in [1.807, 2.05) is 24.3 Å². The summed E-state index contributed by atoms with van der Waals surface area (Å²) >= 11 is 8.86. The largest absolute Gasteiger partial charge is 0.331 e. The first kappa shape index (κ1) is 11.6. The number of aromatic amines is 1. The Morgan fingerprint density at radius 2 is 2.00 bits per heavy atom. The van der Waals surface area contributed by atoms with E-state index in [-0.39, 0.29) is 0 Å². The van der Waals surface area contributed by atoms with Gasteiger partial charge in [0.25, 0.3) is 0 Å². The van der Waals surface area contributed by atoms with Crippen molar-refractivity contribution in [1.29, 1.82) is 0 Å². The van der Waals surface area contributed by atoms with Gasteiger partial charge in [-0.15, -0.1) is 0 Å². The molecule has 0 saturated carbocycles. The van der Waals surface area contributed by atoms with Crippen LogP contribution < -0.4 is 0 Å². The molecule has 1 aromatic carbocycles. The number of hydrogen-bond acceptors (Lipinski definition) is 2. The average Bonchev–Trinajstić information content (AvgIpc) is 2.67. The van der Waals surface area contributed by atoms with Crippen LogP contribution in [0.4, 0.5) is 0 Å². The summed E-state index contributed by atoms with van der Waals surface area (Å²) in [5, 5.41) is 0. The lowest BCUT2D eigenvalue weighted by molar-refractivity contribution is 0.808. The number of H-pyrrole nitrogens is 1. The zero-order valence-corrected chi connectivity index (χ0v) is 11.8. The normalized spacial score (nSPS) is 10.9. The summed E-state index contributed by atoms with van der Waals surface area (Å²) in [7, 11) is 0. The van der Waals surface area contributed by atoms with E-state index >= 15 is 0 Å². The lowest BCUT2D eigenvalue weighted by atomic mass is 10.2. The predicted molar refractivity (Wildman–Crippen MR) is 78.2 cm³/mol. The maximum absolute atomic E-state index is 5.37. The van der Waals surface area contributed by atoms with Crippen molar-refractivity contribution in [2.24, 2.45) is 0 Å². The van der Waals surface area contributed by atoms with Gasteiger partial charge in [0.2, 0.25) is 0 Å². The van der Waals surface area contributed by atoms with Crippen LogP contribution in [0, 0.1) is 4.77 Å². The number of hydrogen-bond donors (Lipinski definition) is 1. The number of halogens is 1. The van der Waals surface area contributed by atoms with Crippen molar-refractivity contribution in [1.82, 2.24) is 14.5 Å². The molecular weight excluding hydrogens is 310 g/mol. The number of rotatable bonds is 2. The number of nitrogens with zero attached hydrogens (tertiary/aromatic N) is 2. The molecule has 90 valence electrons. The molecule has 0 aliphatic heterocycles. The minimum absolute atomic E-state index is 0.736. The van der Waals surface area contributed by atoms with Crippen LogP contribution in [0.3, 0.4) is 0 Å². The predicted octanol–water partition coefficient (Wildman–Crippen LogP) is 3.90. The van der Waals surface area contributed by atoms with Gasteiger partial charge in [-0.3, -0.25) is 4.98 Å². The van der Waals surface area contributed by atoms with Gasteiger partial charge in [-0.1, -0.05) is 15.9 Å². The molecule has 2 heterocycles. The van der Waals surface area contributed by atoms with E-state index < -0.39 is 0 Å². The Morgan fingerprint density at radius 3 is 2.78 bits per heavy atom. The zero-order valence-electron chi connectivity index (χ0n) is 9.43. The number of aromatic nitrogens is 3. The Bertz CT molecular complexity index is 746. The summed E-state index contributed by atoms with van der Waals surface area (Å²) in [6, 6.07) is 10.1. The number of benzene rings is 1. The molecule has 0 spiro atoms. The molecule has 0 aliphatic rings. The summed E-state index contributed by atoms with van der Waals surface area (Å²) in [6.07, 6.45) is 3.59. The molecule has 2 aromatic heterocycles. The van der Waals surface area contributed by atoms with Crippen molar-refractivity contribution in [3.05, 3.63) is 57.5 Å². The summed E-state index contributed by atoms with van der Waals surface area (Å²) in [4.78, 5) is 7.24. The highest BCUT2D eigenvalue weighted by Gasteiger charge is 2.05. The molecule has 0 unspecified atom stereocenters. The third-order valence-corrected chi connectivity index (χ3v) is 3.64. The second-order valence-electron chi connectivity index (χ2n) is 4.03. The Kier molecular flexibility index (Phi) is 3.01. The Morgan fingerprint density at radius 1 is 1.22 bits per heavy atom. The molecule has 3 aromatic rings. The Labute approximate surface area is 118 Å². The van der Waals surface area contributed by atoms with Crippen LogP contribution in [-0.4, -0.2) is 14.5 Å².